The summed E-state index contributed by atoms with van der Waals surface area (Å²) >= 11 is 5.69. The third-order valence-electron chi connectivity index (χ3n) is 1.80. The molecule has 2 aromatic heterocycles. The molecular weight excluding hydrogens is 228 g/mol. The highest BCUT2D eigenvalue weighted by Gasteiger charge is 2.06. The summed E-state index contributed by atoms with van der Waals surface area (Å²) in [5.74, 6) is 0.0963. The lowest BCUT2D eigenvalue weighted by Crippen LogP contribution is -2.13. The highest BCUT2D eigenvalue weighted by Crippen LogP contribution is 2.10. The maximum Gasteiger partial charge on any atom is 0.258 e. The van der Waals surface area contributed by atoms with Crippen LogP contribution in [-0.4, -0.2) is 21.1 Å². The van der Waals surface area contributed by atoms with Crippen LogP contribution in [0, 0.1) is 0 Å². The van der Waals surface area contributed by atoms with Crippen molar-refractivity contribution in [3.05, 3.63) is 47.4 Å². The predicted molar refractivity (Wildman–Crippen MR) is 59.2 cm³/mol. The van der Waals surface area contributed by atoms with E-state index in [1.165, 1.54) is 12.4 Å². The molecule has 80 valence electrons. The summed E-state index contributed by atoms with van der Waals surface area (Å²) in [4.78, 5) is 15.6. The summed E-state index contributed by atoms with van der Waals surface area (Å²) in [6.45, 7) is 0. The number of carbonyl (C=O) groups is 1. The van der Waals surface area contributed by atoms with E-state index in [4.69, 9.17) is 11.6 Å². The number of hydrogen-bond acceptors (Lipinski definition) is 4. The van der Waals surface area contributed by atoms with Crippen molar-refractivity contribution < 1.29 is 4.79 Å². The summed E-state index contributed by atoms with van der Waals surface area (Å²) in [5, 5.41) is 10.1. The number of aromatic nitrogens is 3. The largest absolute Gasteiger partial charge is 0.306 e. The Kier molecular flexibility index (Phi) is 3.07. The lowest BCUT2D eigenvalue weighted by atomic mass is 10.3. The van der Waals surface area contributed by atoms with Gasteiger partial charge in [-0.2, -0.15) is 10.2 Å². The molecule has 0 aromatic carbocycles. The molecule has 1 N–H and O–H groups in total. The van der Waals surface area contributed by atoms with Gasteiger partial charge in [0.05, 0.1) is 18.0 Å². The van der Waals surface area contributed by atoms with Gasteiger partial charge in [-0.15, -0.1) is 0 Å². The molecule has 0 fully saturated rings. The third-order valence-corrected chi connectivity index (χ3v) is 2.01. The van der Waals surface area contributed by atoms with Gasteiger partial charge in [0, 0.05) is 0 Å². The first-order chi connectivity index (χ1) is 7.75. The third kappa shape index (κ3) is 2.52. The maximum absolute atomic E-state index is 11.7. The molecule has 0 unspecified atom stereocenters. The molecule has 16 heavy (non-hydrogen) atoms. The van der Waals surface area contributed by atoms with E-state index in [0.29, 0.717) is 16.5 Å². The number of halogens is 1. The highest BCUT2D eigenvalue weighted by molar-refractivity contribution is 6.29. The fraction of sp³-hybridized carbons (Fsp3) is 0. The minimum Gasteiger partial charge on any atom is -0.306 e. The van der Waals surface area contributed by atoms with Crippen LogP contribution in [0.15, 0.2) is 36.7 Å². The molecule has 0 atom stereocenters. The van der Waals surface area contributed by atoms with Crippen LogP contribution in [0.1, 0.15) is 10.4 Å². The van der Waals surface area contributed by atoms with Crippen LogP contribution in [0.4, 0.5) is 5.82 Å². The number of pyridine rings is 1. The average Bonchev–Trinajstić information content (AvgIpc) is 2.30. The van der Waals surface area contributed by atoms with Crippen LogP contribution in [0.2, 0.25) is 5.15 Å². The van der Waals surface area contributed by atoms with Gasteiger partial charge in [-0.1, -0.05) is 17.7 Å². The van der Waals surface area contributed by atoms with Gasteiger partial charge < -0.3 is 5.32 Å². The first kappa shape index (κ1) is 10.5. The van der Waals surface area contributed by atoms with E-state index in [1.807, 2.05) is 0 Å². The number of rotatable bonds is 2. The Morgan fingerprint density at radius 3 is 2.81 bits per heavy atom. The van der Waals surface area contributed by atoms with Gasteiger partial charge in [-0.3, -0.25) is 4.79 Å². The number of carbonyl (C=O) groups excluding carboxylic acids is 1. The molecule has 1 amide bonds. The zero-order valence-corrected chi connectivity index (χ0v) is 8.85. The van der Waals surface area contributed by atoms with Crippen LogP contribution in [-0.2, 0) is 0 Å². The molecule has 5 nitrogen and oxygen atoms in total. The summed E-state index contributed by atoms with van der Waals surface area (Å²) in [7, 11) is 0. The topological polar surface area (TPSA) is 67.8 Å². The second-order valence-electron chi connectivity index (χ2n) is 2.93. The van der Waals surface area contributed by atoms with Crippen molar-refractivity contribution >= 4 is 23.3 Å². The van der Waals surface area contributed by atoms with E-state index >= 15 is 0 Å². The first-order valence-corrected chi connectivity index (χ1v) is 4.84. The second-order valence-corrected chi connectivity index (χ2v) is 3.32. The highest BCUT2D eigenvalue weighted by atomic mass is 35.5. The molecular formula is C10H7ClN4O. The van der Waals surface area contributed by atoms with E-state index < -0.39 is 0 Å². The molecule has 0 saturated carbocycles. The van der Waals surface area contributed by atoms with Crippen LogP contribution in [0.3, 0.4) is 0 Å². The van der Waals surface area contributed by atoms with Crippen LogP contribution in [0.25, 0.3) is 0 Å². The molecule has 0 radical (unpaired) electrons. The number of nitrogens with zero attached hydrogens (tertiary/aromatic N) is 3. The van der Waals surface area contributed by atoms with E-state index in [9.17, 15) is 4.79 Å². The Hall–Kier alpha value is -2.01. The van der Waals surface area contributed by atoms with Crippen molar-refractivity contribution in [2.24, 2.45) is 0 Å². The van der Waals surface area contributed by atoms with Gasteiger partial charge in [0.1, 0.15) is 11.0 Å². The number of amides is 1. The molecule has 2 heterocycles. The molecule has 0 aliphatic rings. The Labute approximate surface area is 96.5 Å². The SMILES string of the molecule is O=C(Nc1cccc(Cl)n1)c1ccnnc1. The Morgan fingerprint density at radius 1 is 1.25 bits per heavy atom. The smallest absolute Gasteiger partial charge is 0.258 e. The molecule has 2 rings (SSSR count). The quantitative estimate of drug-likeness (QED) is 0.805. The minimum absolute atomic E-state index is 0.301. The Balaban J connectivity index is 2.14. The van der Waals surface area contributed by atoms with Crippen molar-refractivity contribution in [1.29, 1.82) is 0 Å². The minimum atomic E-state index is -0.301. The molecule has 6 heteroatoms. The number of hydrogen-bond donors (Lipinski definition) is 1. The second kappa shape index (κ2) is 4.67. The lowest BCUT2D eigenvalue weighted by molar-refractivity contribution is 0.102. The fourth-order valence-electron chi connectivity index (χ4n) is 1.09. The van der Waals surface area contributed by atoms with Gasteiger partial charge in [-0.05, 0) is 18.2 Å². The van der Waals surface area contributed by atoms with Crippen molar-refractivity contribution in [2.75, 3.05) is 5.32 Å². The van der Waals surface area contributed by atoms with Gasteiger partial charge in [0.2, 0.25) is 0 Å². The molecule has 0 aliphatic heterocycles. The summed E-state index contributed by atoms with van der Waals surface area (Å²) in [6.07, 6.45) is 2.82. The summed E-state index contributed by atoms with van der Waals surface area (Å²) < 4.78 is 0. The van der Waals surface area contributed by atoms with Crippen molar-refractivity contribution in [3.8, 4) is 0 Å². The number of anilines is 1. The van der Waals surface area contributed by atoms with Crippen LogP contribution >= 0.6 is 11.6 Å². The fourth-order valence-corrected chi connectivity index (χ4v) is 1.26. The monoisotopic (exact) mass is 234 g/mol. The van der Waals surface area contributed by atoms with Crippen molar-refractivity contribution in [3.63, 3.8) is 0 Å². The standard InChI is InChI=1S/C10H7ClN4O/c11-8-2-1-3-9(14-8)15-10(16)7-4-5-12-13-6-7/h1-6H,(H,14,15,16). The molecule has 2 aromatic rings. The maximum atomic E-state index is 11.7. The summed E-state index contributed by atoms with van der Waals surface area (Å²) in [6, 6.07) is 6.55. The van der Waals surface area contributed by atoms with E-state index in [0.717, 1.165) is 0 Å². The Bertz CT molecular complexity index is 503. The molecule has 0 saturated heterocycles. The zero-order valence-electron chi connectivity index (χ0n) is 8.09. The average molecular weight is 235 g/mol. The predicted octanol–water partition coefficient (Wildman–Crippen LogP) is 1.78. The molecule has 0 spiro atoms. The van der Waals surface area contributed by atoms with E-state index in [-0.39, 0.29) is 5.91 Å². The first-order valence-electron chi connectivity index (χ1n) is 4.46. The lowest BCUT2D eigenvalue weighted by Gasteiger charge is -2.03. The normalized spacial score (nSPS) is 9.81. The van der Waals surface area contributed by atoms with E-state index in [1.54, 1.807) is 24.3 Å². The van der Waals surface area contributed by atoms with Gasteiger partial charge in [0.15, 0.2) is 0 Å². The summed E-state index contributed by atoms with van der Waals surface area (Å²) in [5.41, 5.74) is 0.414. The molecule has 0 bridgehead atoms. The molecule has 0 aliphatic carbocycles. The van der Waals surface area contributed by atoms with Crippen molar-refractivity contribution in [1.82, 2.24) is 15.2 Å². The van der Waals surface area contributed by atoms with Crippen LogP contribution in [0.5, 0.6) is 0 Å². The Morgan fingerprint density at radius 2 is 2.12 bits per heavy atom. The number of nitrogens with one attached hydrogen (secondary N) is 1. The van der Waals surface area contributed by atoms with Gasteiger partial charge in [0.25, 0.3) is 5.91 Å². The van der Waals surface area contributed by atoms with Crippen molar-refractivity contribution in [2.45, 2.75) is 0 Å². The van der Waals surface area contributed by atoms with Crippen LogP contribution < -0.4 is 5.32 Å². The van der Waals surface area contributed by atoms with Gasteiger partial charge >= 0.3 is 0 Å². The van der Waals surface area contributed by atoms with Gasteiger partial charge in [-0.25, -0.2) is 4.98 Å². The zero-order chi connectivity index (χ0) is 11.4. The van der Waals surface area contributed by atoms with E-state index in [2.05, 4.69) is 20.5 Å².